The van der Waals surface area contributed by atoms with Crippen molar-refractivity contribution >= 4 is 17.6 Å². The molecule has 0 heterocycles. The lowest BCUT2D eigenvalue weighted by molar-refractivity contribution is -0.152. The molecule has 3 aromatic rings. The van der Waals surface area contributed by atoms with Crippen LogP contribution in [0.25, 0.3) is 11.1 Å². The van der Waals surface area contributed by atoms with Gasteiger partial charge in [0.2, 0.25) is 0 Å². The Morgan fingerprint density at radius 2 is 1.59 bits per heavy atom. The van der Waals surface area contributed by atoms with Gasteiger partial charge in [-0.05, 0) is 49.1 Å². The molecular formula is C25H25NO3. The smallest absolute Gasteiger partial charge is 0.311 e. The fourth-order valence-corrected chi connectivity index (χ4v) is 3.07. The molecule has 148 valence electrons. The molecule has 0 aliphatic heterocycles. The molecule has 0 bridgehead atoms. The number of amides is 1. The second-order valence-corrected chi connectivity index (χ2v) is 7.13. The molecule has 0 spiro atoms. The Bertz CT molecular complexity index is 1010. The van der Waals surface area contributed by atoms with Crippen molar-refractivity contribution in [2.45, 2.75) is 33.3 Å². The van der Waals surface area contributed by atoms with Crippen LogP contribution >= 0.6 is 0 Å². The van der Waals surface area contributed by atoms with Crippen LogP contribution in [-0.4, -0.2) is 18.0 Å². The summed E-state index contributed by atoms with van der Waals surface area (Å²) in [5.74, 6) is -0.783. The van der Waals surface area contributed by atoms with E-state index in [1.807, 2.05) is 86.6 Å². The van der Waals surface area contributed by atoms with E-state index < -0.39 is 12.1 Å². The molecule has 3 aromatic carbocycles. The number of para-hydroxylation sites is 1. The average Bonchev–Trinajstić information content (AvgIpc) is 2.71. The number of rotatable bonds is 6. The molecule has 29 heavy (non-hydrogen) atoms. The Morgan fingerprint density at radius 3 is 2.31 bits per heavy atom. The van der Waals surface area contributed by atoms with Crippen LogP contribution in [0.5, 0.6) is 0 Å². The fraction of sp³-hybridized carbons (Fsp3) is 0.200. The van der Waals surface area contributed by atoms with Crippen LogP contribution in [0.3, 0.4) is 0 Å². The number of carbonyl (C=O) groups excluding carboxylic acids is 2. The molecule has 1 N–H and O–H groups in total. The van der Waals surface area contributed by atoms with Crippen molar-refractivity contribution in [2.24, 2.45) is 0 Å². The van der Waals surface area contributed by atoms with Crippen LogP contribution in [0.1, 0.15) is 23.6 Å². The fourth-order valence-electron chi connectivity index (χ4n) is 3.07. The maximum absolute atomic E-state index is 12.6. The van der Waals surface area contributed by atoms with Crippen molar-refractivity contribution in [3.63, 3.8) is 0 Å². The monoisotopic (exact) mass is 387 g/mol. The van der Waals surface area contributed by atoms with Gasteiger partial charge in [0.15, 0.2) is 6.10 Å². The first kappa shape index (κ1) is 20.3. The Labute approximate surface area is 171 Å². The first-order valence-corrected chi connectivity index (χ1v) is 9.65. The van der Waals surface area contributed by atoms with Crippen molar-refractivity contribution < 1.29 is 14.3 Å². The zero-order valence-electron chi connectivity index (χ0n) is 16.9. The summed E-state index contributed by atoms with van der Waals surface area (Å²) >= 11 is 0. The van der Waals surface area contributed by atoms with Crippen molar-refractivity contribution in [3.8, 4) is 11.1 Å². The van der Waals surface area contributed by atoms with E-state index in [4.69, 9.17) is 4.74 Å². The van der Waals surface area contributed by atoms with Crippen LogP contribution in [0.15, 0.2) is 72.8 Å². The second-order valence-electron chi connectivity index (χ2n) is 7.13. The van der Waals surface area contributed by atoms with Gasteiger partial charge in [-0.3, -0.25) is 9.59 Å². The van der Waals surface area contributed by atoms with Gasteiger partial charge in [-0.2, -0.15) is 0 Å². The lowest BCUT2D eigenvalue weighted by Crippen LogP contribution is -2.30. The summed E-state index contributed by atoms with van der Waals surface area (Å²) in [6, 6.07) is 23.2. The quantitative estimate of drug-likeness (QED) is 0.600. The molecule has 0 fully saturated rings. The first-order valence-electron chi connectivity index (χ1n) is 9.65. The van der Waals surface area contributed by atoms with E-state index >= 15 is 0 Å². The Kier molecular flexibility index (Phi) is 6.45. The van der Waals surface area contributed by atoms with Crippen molar-refractivity contribution in [1.82, 2.24) is 0 Å². The molecule has 1 amide bonds. The standard InChI is InChI=1S/C25H25NO3/c1-17-13-14-20(15-18(17)2)16-24(27)29-19(3)25(28)26-23-12-8-7-11-22(23)21-9-5-4-6-10-21/h4-15,19H,16H2,1-3H3,(H,26,28)/t19-/m1/s1. The van der Waals surface area contributed by atoms with Gasteiger partial charge in [0.25, 0.3) is 5.91 Å². The van der Waals surface area contributed by atoms with Crippen LogP contribution in [0.4, 0.5) is 5.69 Å². The summed E-state index contributed by atoms with van der Waals surface area (Å²) in [5, 5.41) is 2.88. The van der Waals surface area contributed by atoms with Crippen molar-refractivity contribution in [1.29, 1.82) is 0 Å². The molecule has 0 aliphatic carbocycles. The number of aryl methyl sites for hydroxylation is 2. The number of hydrogen-bond donors (Lipinski definition) is 1. The normalized spacial score (nSPS) is 11.6. The Hall–Kier alpha value is -3.40. The van der Waals surface area contributed by atoms with Gasteiger partial charge in [-0.15, -0.1) is 0 Å². The van der Waals surface area contributed by atoms with Crippen LogP contribution in [-0.2, 0) is 20.7 Å². The molecular weight excluding hydrogens is 362 g/mol. The highest BCUT2D eigenvalue weighted by molar-refractivity contribution is 5.98. The molecule has 0 aliphatic rings. The van der Waals surface area contributed by atoms with Gasteiger partial charge in [-0.25, -0.2) is 0 Å². The van der Waals surface area contributed by atoms with E-state index in [-0.39, 0.29) is 12.3 Å². The number of benzene rings is 3. The Balaban J connectivity index is 1.64. The molecule has 0 radical (unpaired) electrons. The van der Waals surface area contributed by atoms with E-state index in [2.05, 4.69) is 5.32 Å². The molecule has 4 heteroatoms. The summed E-state index contributed by atoms with van der Waals surface area (Å²) in [5.41, 5.74) is 5.77. The second kappa shape index (κ2) is 9.20. The number of nitrogens with one attached hydrogen (secondary N) is 1. The number of hydrogen-bond acceptors (Lipinski definition) is 3. The minimum Gasteiger partial charge on any atom is -0.452 e. The van der Waals surface area contributed by atoms with E-state index in [1.54, 1.807) is 6.92 Å². The third kappa shape index (κ3) is 5.32. The third-order valence-corrected chi connectivity index (χ3v) is 4.87. The van der Waals surface area contributed by atoms with Crippen LogP contribution < -0.4 is 5.32 Å². The molecule has 3 rings (SSSR count). The zero-order chi connectivity index (χ0) is 20.8. The van der Waals surface area contributed by atoms with E-state index in [0.717, 1.165) is 22.3 Å². The van der Waals surface area contributed by atoms with Crippen LogP contribution in [0, 0.1) is 13.8 Å². The van der Waals surface area contributed by atoms with E-state index in [0.29, 0.717) is 5.69 Å². The molecule has 0 unspecified atom stereocenters. The maximum atomic E-state index is 12.6. The predicted octanol–water partition coefficient (Wildman–Crippen LogP) is 5.08. The number of ether oxygens (including phenoxy) is 1. The molecule has 1 atom stereocenters. The van der Waals surface area contributed by atoms with Gasteiger partial charge in [0.05, 0.1) is 6.42 Å². The first-order chi connectivity index (χ1) is 13.9. The highest BCUT2D eigenvalue weighted by Crippen LogP contribution is 2.27. The van der Waals surface area contributed by atoms with Crippen molar-refractivity contribution in [3.05, 3.63) is 89.5 Å². The van der Waals surface area contributed by atoms with Gasteiger partial charge in [0.1, 0.15) is 0 Å². The van der Waals surface area contributed by atoms with E-state index in [9.17, 15) is 9.59 Å². The summed E-state index contributed by atoms with van der Waals surface area (Å²) < 4.78 is 5.35. The van der Waals surface area contributed by atoms with Gasteiger partial charge in [-0.1, -0.05) is 66.7 Å². The molecule has 0 saturated carbocycles. The van der Waals surface area contributed by atoms with Gasteiger partial charge in [0, 0.05) is 11.3 Å². The number of anilines is 1. The van der Waals surface area contributed by atoms with Crippen LogP contribution in [0.2, 0.25) is 0 Å². The topological polar surface area (TPSA) is 55.4 Å². The highest BCUT2D eigenvalue weighted by atomic mass is 16.5. The summed E-state index contributed by atoms with van der Waals surface area (Å²) in [6.45, 7) is 5.61. The molecule has 4 nitrogen and oxygen atoms in total. The summed E-state index contributed by atoms with van der Waals surface area (Å²) in [6.07, 6.45) is -0.753. The zero-order valence-corrected chi connectivity index (χ0v) is 16.9. The SMILES string of the molecule is Cc1ccc(CC(=O)O[C@H](C)C(=O)Nc2ccccc2-c2ccccc2)cc1C. The van der Waals surface area contributed by atoms with Crippen molar-refractivity contribution in [2.75, 3.05) is 5.32 Å². The minimum absolute atomic E-state index is 0.138. The Morgan fingerprint density at radius 1 is 0.897 bits per heavy atom. The van der Waals surface area contributed by atoms with E-state index in [1.165, 1.54) is 5.56 Å². The average molecular weight is 387 g/mol. The molecule has 0 saturated heterocycles. The number of carbonyl (C=O) groups is 2. The molecule has 0 aromatic heterocycles. The summed E-state index contributed by atoms with van der Waals surface area (Å²) in [4.78, 5) is 24.9. The predicted molar refractivity (Wildman–Crippen MR) is 116 cm³/mol. The van der Waals surface area contributed by atoms with Gasteiger partial charge < -0.3 is 10.1 Å². The lowest BCUT2D eigenvalue weighted by Gasteiger charge is -2.16. The number of esters is 1. The third-order valence-electron chi connectivity index (χ3n) is 4.87. The van der Waals surface area contributed by atoms with Gasteiger partial charge >= 0.3 is 5.97 Å². The summed E-state index contributed by atoms with van der Waals surface area (Å²) in [7, 11) is 0. The highest BCUT2D eigenvalue weighted by Gasteiger charge is 2.19. The largest absolute Gasteiger partial charge is 0.452 e. The maximum Gasteiger partial charge on any atom is 0.311 e. The lowest BCUT2D eigenvalue weighted by atomic mass is 10.0. The minimum atomic E-state index is -0.891.